The molecular weight excluding hydrogens is 266 g/mol. The number of nitrogens with one attached hydrogen (secondary N) is 1. The van der Waals surface area contributed by atoms with Gasteiger partial charge in [-0.05, 0) is 24.6 Å². The summed E-state index contributed by atoms with van der Waals surface area (Å²) < 4.78 is 38.1. The summed E-state index contributed by atoms with van der Waals surface area (Å²) >= 11 is 0. The van der Waals surface area contributed by atoms with Crippen molar-refractivity contribution in [1.29, 1.82) is 0 Å². The highest BCUT2D eigenvalue weighted by atomic mass is 19.1. The zero-order chi connectivity index (χ0) is 14.6. The van der Waals surface area contributed by atoms with E-state index in [1.807, 2.05) is 6.92 Å². The Morgan fingerprint density at radius 2 is 1.90 bits per heavy atom. The molecule has 1 heterocycles. The van der Waals surface area contributed by atoms with E-state index in [0.29, 0.717) is 38.2 Å². The van der Waals surface area contributed by atoms with E-state index in [2.05, 4.69) is 5.43 Å². The molecule has 1 aromatic carbocycles. The number of nitrogens with two attached hydrogens (primary N) is 1. The Morgan fingerprint density at radius 3 is 2.40 bits per heavy atom. The summed E-state index contributed by atoms with van der Waals surface area (Å²) in [7, 11) is 0. The van der Waals surface area contributed by atoms with Crippen molar-refractivity contribution >= 4 is 0 Å². The Bertz CT molecular complexity index is 425. The monoisotopic (exact) mass is 286 g/mol. The number of hydrazine groups is 1. The summed E-state index contributed by atoms with van der Waals surface area (Å²) in [5.41, 5.74) is 2.49. The number of hydrogen-bond acceptors (Lipinski definition) is 4. The maximum atomic E-state index is 13.4. The van der Waals surface area contributed by atoms with Crippen LogP contribution in [-0.2, 0) is 9.47 Å². The Hall–Kier alpha value is -1.08. The first-order valence-corrected chi connectivity index (χ1v) is 6.75. The molecule has 1 aromatic rings. The smallest absolute Gasteiger partial charge is 0.126 e. The molecule has 0 spiro atoms. The van der Waals surface area contributed by atoms with Gasteiger partial charge < -0.3 is 9.47 Å². The first-order chi connectivity index (χ1) is 9.61. The maximum Gasteiger partial charge on any atom is 0.126 e. The summed E-state index contributed by atoms with van der Waals surface area (Å²) in [6.45, 7) is 3.46. The van der Waals surface area contributed by atoms with Crippen molar-refractivity contribution in [3.63, 3.8) is 0 Å². The summed E-state index contributed by atoms with van der Waals surface area (Å²) in [5.74, 6) is 4.38. The first kappa shape index (κ1) is 15.3. The van der Waals surface area contributed by atoms with Crippen molar-refractivity contribution in [3.8, 4) is 0 Å². The van der Waals surface area contributed by atoms with Crippen LogP contribution in [0.25, 0.3) is 0 Å². The predicted octanol–water partition coefficient (Wildman–Crippen LogP) is 2.05. The lowest BCUT2D eigenvalue weighted by molar-refractivity contribution is -0.128. The highest BCUT2D eigenvalue weighted by molar-refractivity contribution is 5.24. The van der Waals surface area contributed by atoms with E-state index in [1.54, 1.807) is 0 Å². The molecule has 1 atom stereocenters. The van der Waals surface area contributed by atoms with E-state index < -0.39 is 23.3 Å². The highest BCUT2D eigenvalue weighted by Crippen LogP contribution is 2.37. The van der Waals surface area contributed by atoms with Crippen molar-refractivity contribution in [2.45, 2.75) is 31.4 Å². The molecule has 2 rings (SSSR count). The number of ether oxygens (including phenoxy) is 2. The Balaban J connectivity index is 2.36. The fourth-order valence-corrected chi connectivity index (χ4v) is 2.81. The number of benzene rings is 1. The fourth-order valence-electron chi connectivity index (χ4n) is 2.81. The van der Waals surface area contributed by atoms with E-state index in [9.17, 15) is 8.78 Å². The zero-order valence-corrected chi connectivity index (χ0v) is 11.5. The Morgan fingerprint density at radius 1 is 1.30 bits per heavy atom. The molecule has 0 aliphatic carbocycles. The summed E-state index contributed by atoms with van der Waals surface area (Å²) in [6, 6.07) is 2.92. The van der Waals surface area contributed by atoms with Crippen molar-refractivity contribution in [2.24, 2.45) is 5.84 Å². The van der Waals surface area contributed by atoms with E-state index in [1.165, 1.54) is 12.1 Å². The highest BCUT2D eigenvalue weighted by Gasteiger charge is 2.42. The number of hydrogen-bond donors (Lipinski definition) is 2. The van der Waals surface area contributed by atoms with Crippen LogP contribution in [0.3, 0.4) is 0 Å². The average Bonchev–Trinajstić information content (AvgIpc) is 2.39. The van der Waals surface area contributed by atoms with Crippen molar-refractivity contribution in [2.75, 3.05) is 19.8 Å². The zero-order valence-electron chi connectivity index (χ0n) is 11.5. The summed E-state index contributed by atoms with van der Waals surface area (Å²) in [5, 5.41) is 0. The van der Waals surface area contributed by atoms with E-state index in [0.717, 1.165) is 6.07 Å². The molecule has 1 aliphatic rings. The molecule has 0 saturated carbocycles. The van der Waals surface area contributed by atoms with Crippen LogP contribution in [0.1, 0.15) is 31.4 Å². The van der Waals surface area contributed by atoms with E-state index in [4.69, 9.17) is 15.3 Å². The van der Waals surface area contributed by atoms with Gasteiger partial charge in [0.1, 0.15) is 11.6 Å². The molecule has 1 saturated heterocycles. The van der Waals surface area contributed by atoms with Gasteiger partial charge in [0.2, 0.25) is 0 Å². The van der Waals surface area contributed by atoms with Crippen LogP contribution in [0.5, 0.6) is 0 Å². The van der Waals surface area contributed by atoms with Crippen LogP contribution in [-0.4, -0.2) is 25.4 Å². The van der Waals surface area contributed by atoms with Gasteiger partial charge in [0.15, 0.2) is 0 Å². The van der Waals surface area contributed by atoms with Gasteiger partial charge in [-0.2, -0.15) is 0 Å². The molecule has 0 amide bonds. The van der Waals surface area contributed by atoms with Gasteiger partial charge in [-0.15, -0.1) is 0 Å². The number of rotatable bonds is 5. The molecule has 4 nitrogen and oxygen atoms in total. The molecule has 3 N–H and O–H groups in total. The molecule has 0 aromatic heterocycles. The Kier molecular flexibility index (Phi) is 5.04. The molecule has 6 heteroatoms. The van der Waals surface area contributed by atoms with Gasteiger partial charge in [-0.25, -0.2) is 8.78 Å². The van der Waals surface area contributed by atoms with Crippen LogP contribution in [0.15, 0.2) is 18.2 Å². The minimum atomic E-state index is -0.626. The van der Waals surface area contributed by atoms with E-state index in [-0.39, 0.29) is 0 Å². The minimum absolute atomic E-state index is 0.445. The van der Waals surface area contributed by atoms with Crippen LogP contribution in [0.4, 0.5) is 8.78 Å². The lowest BCUT2D eigenvalue weighted by Crippen LogP contribution is -2.51. The maximum absolute atomic E-state index is 13.4. The third kappa shape index (κ3) is 3.15. The van der Waals surface area contributed by atoms with Crippen molar-refractivity contribution in [1.82, 2.24) is 5.43 Å². The van der Waals surface area contributed by atoms with Crippen LogP contribution < -0.4 is 11.3 Å². The predicted molar refractivity (Wildman–Crippen MR) is 70.8 cm³/mol. The van der Waals surface area contributed by atoms with E-state index >= 15 is 0 Å². The quantitative estimate of drug-likeness (QED) is 0.642. The normalized spacial score (nSPS) is 19.8. The molecule has 1 fully saturated rings. The lowest BCUT2D eigenvalue weighted by Gasteiger charge is -2.43. The van der Waals surface area contributed by atoms with Crippen LogP contribution in [0.2, 0.25) is 0 Å². The molecule has 1 aliphatic heterocycles. The molecule has 0 bridgehead atoms. The standard InChI is InChI=1S/C14H20F2N2O2/c1-2-20-14(3-5-19-6-4-14)13(18-17)10-7-11(15)9-12(16)8-10/h7-9,13,18H,2-6,17H2,1H3. The van der Waals surface area contributed by atoms with Crippen LogP contribution in [0, 0.1) is 11.6 Å². The third-order valence-corrected chi connectivity index (χ3v) is 3.68. The second kappa shape index (κ2) is 6.58. The van der Waals surface area contributed by atoms with Gasteiger partial charge in [0, 0.05) is 38.7 Å². The lowest BCUT2D eigenvalue weighted by atomic mass is 9.82. The second-order valence-electron chi connectivity index (χ2n) is 4.91. The minimum Gasteiger partial charge on any atom is -0.381 e. The molecular formula is C14H20F2N2O2. The van der Waals surface area contributed by atoms with Crippen LogP contribution >= 0.6 is 0 Å². The average molecular weight is 286 g/mol. The SMILES string of the molecule is CCOC1(C(NN)c2cc(F)cc(F)c2)CCOCC1. The first-order valence-electron chi connectivity index (χ1n) is 6.75. The van der Waals surface area contributed by atoms with Gasteiger partial charge in [0.05, 0.1) is 11.6 Å². The fraction of sp³-hybridized carbons (Fsp3) is 0.571. The van der Waals surface area contributed by atoms with Crippen molar-refractivity contribution in [3.05, 3.63) is 35.4 Å². The Labute approximate surface area is 117 Å². The van der Waals surface area contributed by atoms with Gasteiger partial charge >= 0.3 is 0 Å². The molecule has 1 unspecified atom stereocenters. The largest absolute Gasteiger partial charge is 0.381 e. The van der Waals surface area contributed by atoms with Crippen molar-refractivity contribution < 1.29 is 18.3 Å². The molecule has 112 valence electrons. The van der Waals surface area contributed by atoms with Gasteiger partial charge in [-0.3, -0.25) is 11.3 Å². The third-order valence-electron chi connectivity index (χ3n) is 3.68. The summed E-state index contributed by atoms with van der Waals surface area (Å²) in [4.78, 5) is 0. The topological polar surface area (TPSA) is 56.5 Å². The van der Waals surface area contributed by atoms with Gasteiger partial charge in [0.25, 0.3) is 0 Å². The molecule has 20 heavy (non-hydrogen) atoms. The van der Waals surface area contributed by atoms with Gasteiger partial charge in [-0.1, -0.05) is 0 Å². The summed E-state index contributed by atoms with van der Waals surface area (Å²) in [6.07, 6.45) is 1.24. The second-order valence-corrected chi connectivity index (χ2v) is 4.91. The molecule has 0 radical (unpaired) electrons. The number of halogens is 2.